The van der Waals surface area contributed by atoms with Crippen molar-refractivity contribution in [2.75, 3.05) is 6.61 Å². The molecule has 2 aromatic rings. The molecule has 1 aromatic carbocycles. The van der Waals surface area contributed by atoms with Crippen molar-refractivity contribution in [1.29, 1.82) is 0 Å². The van der Waals surface area contributed by atoms with Gasteiger partial charge in [0.25, 0.3) is 5.91 Å². The van der Waals surface area contributed by atoms with Gasteiger partial charge in [0, 0.05) is 29.6 Å². The highest BCUT2D eigenvalue weighted by atomic mass is 16.3. The first kappa shape index (κ1) is 13.8. The van der Waals surface area contributed by atoms with Crippen molar-refractivity contribution in [3.05, 3.63) is 53.7 Å². The second-order valence-electron chi connectivity index (χ2n) is 5.47. The fourth-order valence-corrected chi connectivity index (χ4v) is 2.69. The molecule has 0 bridgehead atoms. The van der Waals surface area contributed by atoms with Crippen molar-refractivity contribution in [2.24, 2.45) is 5.92 Å². The molecule has 2 atom stereocenters. The van der Waals surface area contributed by atoms with Crippen LogP contribution in [0, 0.1) is 12.8 Å². The third-order valence-electron chi connectivity index (χ3n) is 3.83. The maximum Gasteiger partial charge on any atom is 0.253 e. The van der Waals surface area contributed by atoms with Crippen LogP contribution in [0.5, 0.6) is 0 Å². The lowest BCUT2D eigenvalue weighted by atomic mass is 10.1. The largest absolute Gasteiger partial charge is 0.396 e. The van der Waals surface area contributed by atoms with Crippen LogP contribution in [-0.2, 0) is 0 Å². The molecule has 2 N–H and O–H groups in total. The predicted molar refractivity (Wildman–Crippen MR) is 82.1 cm³/mol. The molecule has 3 rings (SSSR count). The third kappa shape index (κ3) is 2.81. The number of fused-ring (bicyclic) bond motifs is 1. The number of rotatable bonds is 3. The molecule has 0 saturated carbocycles. The second-order valence-corrected chi connectivity index (χ2v) is 5.47. The number of aromatic nitrogens is 1. The van der Waals surface area contributed by atoms with Gasteiger partial charge in [-0.1, -0.05) is 30.4 Å². The summed E-state index contributed by atoms with van der Waals surface area (Å²) >= 11 is 0. The van der Waals surface area contributed by atoms with Gasteiger partial charge < -0.3 is 10.4 Å². The summed E-state index contributed by atoms with van der Waals surface area (Å²) in [6.07, 6.45) is 4.65. The molecule has 1 amide bonds. The number of carbonyl (C=O) groups is 1. The summed E-state index contributed by atoms with van der Waals surface area (Å²) in [5.74, 6) is 0.0233. The summed E-state index contributed by atoms with van der Waals surface area (Å²) in [6, 6.07) is 9.52. The number of aliphatic hydroxyl groups excluding tert-OH is 1. The van der Waals surface area contributed by atoms with Crippen LogP contribution in [0.3, 0.4) is 0 Å². The number of hydrogen-bond acceptors (Lipinski definition) is 3. The van der Waals surface area contributed by atoms with E-state index >= 15 is 0 Å². The van der Waals surface area contributed by atoms with E-state index in [9.17, 15) is 4.79 Å². The summed E-state index contributed by atoms with van der Waals surface area (Å²) in [5, 5.41) is 13.1. The number of aliphatic hydroxyl groups is 1. The van der Waals surface area contributed by atoms with Crippen LogP contribution in [0.2, 0.25) is 0 Å². The quantitative estimate of drug-likeness (QED) is 0.848. The molecule has 0 aliphatic heterocycles. The maximum absolute atomic E-state index is 12.5. The maximum atomic E-state index is 12.5. The molecule has 0 unspecified atom stereocenters. The number of benzene rings is 1. The van der Waals surface area contributed by atoms with E-state index in [-0.39, 0.29) is 24.5 Å². The van der Waals surface area contributed by atoms with Gasteiger partial charge in [0.05, 0.1) is 11.1 Å². The minimum Gasteiger partial charge on any atom is -0.396 e. The van der Waals surface area contributed by atoms with Crippen LogP contribution >= 0.6 is 0 Å². The molecule has 1 aliphatic rings. The number of para-hydroxylation sites is 1. The predicted octanol–water partition coefficient (Wildman–Crippen LogP) is 2.21. The van der Waals surface area contributed by atoms with Crippen molar-refractivity contribution in [3.8, 4) is 0 Å². The summed E-state index contributed by atoms with van der Waals surface area (Å²) in [4.78, 5) is 17.0. The number of nitrogens with zero attached hydrogens (tertiary/aromatic N) is 1. The van der Waals surface area contributed by atoms with Gasteiger partial charge in [0.15, 0.2) is 0 Å². The first-order valence-electron chi connectivity index (χ1n) is 7.14. The molecule has 1 aliphatic carbocycles. The number of pyridine rings is 1. The van der Waals surface area contributed by atoms with Crippen LogP contribution in [0.25, 0.3) is 10.9 Å². The molecule has 4 heteroatoms. The van der Waals surface area contributed by atoms with Gasteiger partial charge in [-0.25, -0.2) is 0 Å². The van der Waals surface area contributed by atoms with Gasteiger partial charge in [-0.2, -0.15) is 0 Å². The Hall–Kier alpha value is -2.20. The highest BCUT2D eigenvalue weighted by Crippen LogP contribution is 2.20. The van der Waals surface area contributed by atoms with Gasteiger partial charge >= 0.3 is 0 Å². The lowest BCUT2D eigenvalue weighted by molar-refractivity contribution is 0.0942. The summed E-state index contributed by atoms with van der Waals surface area (Å²) in [7, 11) is 0. The molecule has 0 spiro atoms. The zero-order valence-corrected chi connectivity index (χ0v) is 11.9. The van der Waals surface area contributed by atoms with Crippen molar-refractivity contribution < 1.29 is 9.90 Å². The highest BCUT2D eigenvalue weighted by Gasteiger charge is 2.21. The fourth-order valence-electron chi connectivity index (χ4n) is 2.69. The zero-order valence-electron chi connectivity index (χ0n) is 11.9. The monoisotopic (exact) mass is 282 g/mol. The smallest absolute Gasteiger partial charge is 0.253 e. The Morgan fingerprint density at radius 1 is 1.33 bits per heavy atom. The van der Waals surface area contributed by atoms with Crippen LogP contribution in [0.15, 0.2) is 42.5 Å². The number of hydrogen-bond donors (Lipinski definition) is 2. The zero-order chi connectivity index (χ0) is 14.8. The number of carbonyl (C=O) groups excluding carboxylic acids is 1. The minimum atomic E-state index is -0.119. The van der Waals surface area contributed by atoms with Crippen LogP contribution in [0.4, 0.5) is 0 Å². The van der Waals surface area contributed by atoms with E-state index in [0.717, 1.165) is 23.0 Å². The normalized spacial score (nSPS) is 20.9. The molecule has 108 valence electrons. The first-order valence-corrected chi connectivity index (χ1v) is 7.14. The molecular weight excluding hydrogens is 264 g/mol. The topological polar surface area (TPSA) is 62.2 Å². The molecule has 1 heterocycles. The summed E-state index contributed by atoms with van der Waals surface area (Å²) in [5.41, 5.74) is 2.22. The fraction of sp³-hybridized carbons (Fsp3) is 0.294. The van der Waals surface area contributed by atoms with Gasteiger partial charge in [-0.15, -0.1) is 0 Å². The van der Waals surface area contributed by atoms with Crippen molar-refractivity contribution in [2.45, 2.75) is 19.4 Å². The van der Waals surface area contributed by atoms with Crippen molar-refractivity contribution in [1.82, 2.24) is 10.3 Å². The average molecular weight is 282 g/mol. The Labute approximate surface area is 123 Å². The number of nitrogens with one attached hydrogen (secondary N) is 1. The molecular formula is C17H18N2O2. The van der Waals surface area contributed by atoms with E-state index in [1.807, 2.05) is 43.3 Å². The van der Waals surface area contributed by atoms with Crippen molar-refractivity contribution >= 4 is 16.8 Å². The lowest BCUT2D eigenvalue weighted by Gasteiger charge is -2.13. The van der Waals surface area contributed by atoms with E-state index in [0.29, 0.717) is 5.56 Å². The Morgan fingerprint density at radius 3 is 2.95 bits per heavy atom. The van der Waals surface area contributed by atoms with Gasteiger partial charge in [-0.05, 0) is 25.5 Å². The van der Waals surface area contributed by atoms with E-state index in [1.54, 1.807) is 6.07 Å². The van der Waals surface area contributed by atoms with Crippen LogP contribution in [-0.4, -0.2) is 28.6 Å². The van der Waals surface area contributed by atoms with Crippen molar-refractivity contribution in [3.63, 3.8) is 0 Å². The van der Waals surface area contributed by atoms with Gasteiger partial charge in [-0.3, -0.25) is 9.78 Å². The van der Waals surface area contributed by atoms with Crippen LogP contribution in [0.1, 0.15) is 22.5 Å². The summed E-state index contributed by atoms with van der Waals surface area (Å²) < 4.78 is 0. The van der Waals surface area contributed by atoms with E-state index in [1.165, 1.54) is 0 Å². The van der Waals surface area contributed by atoms with Crippen LogP contribution < -0.4 is 5.32 Å². The molecule has 0 fully saturated rings. The van der Waals surface area contributed by atoms with E-state index in [2.05, 4.69) is 10.3 Å². The standard InChI is InChI=1S/C17H18N2O2/c1-11-5-7-13-3-2-4-15(16(13)18-11)17(21)19-14-8-6-12(9-14)10-20/h2-8,12,14,20H,9-10H2,1H3,(H,19,21)/t12-,14+/m0/s1. The van der Waals surface area contributed by atoms with E-state index in [4.69, 9.17) is 5.11 Å². The Bertz CT molecular complexity index is 709. The Morgan fingerprint density at radius 2 is 2.19 bits per heavy atom. The summed E-state index contributed by atoms with van der Waals surface area (Å²) in [6.45, 7) is 2.04. The number of aryl methyl sites for hydroxylation is 1. The molecule has 21 heavy (non-hydrogen) atoms. The van der Waals surface area contributed by atoms with Gasteiger partial charge in [0.1, 0.15) is 0 Å². The number of amides is 1. The molecule has 0 saturated heterocycles. The Kier molecular flexibility index (Phi) is 3.71. The minimum absolute atomic E-state index is 0.0188. The second kappa shape index (κ2) is 5.66. The Balaban J connectivity index is 1.85. The SMILES string of the molecule is Cc1ccc2cccc(C(=O)N[C@@H]3C=C[C@H](CO)C3)c2n1. The van der Waals surface area contributed by atoms with Gasteiger partial charge in [0.2, 0.25) is 0 Å². The third-order valence-corrected chi connectivity index (χ3v) is 3.83. The molecule has 4 nitrogen and oxygen atoms in total. The first-order chi connectivity index (χ1) is 10.2. The molecule has 0 radical (unpaired) electrons. The molecule has 1 aromatic heterocycles. The average Bonchev–Trinajstić information content (AvgIpc) is 2.94. The van der Waals surface area contributed by atoms with E-state index < -0.39 is 0 Å². The highest BCUT2D eigenvalue weighted by molar-refractivity contribution is 6.05. The lowest BCUT2D eigenvalue weighted by Crippen LogP contribution is -2.33.